The Labute approximate surface area is 326 Å². The Morgan fingerprint density at radius 3 is 2.25 bits per heavy atom. The third-order valence-electron chi connectivity index (χ3n) is 11.6. The van der Waals surface area contributed by atoms with E-state index < -0.39 is 5.41 Å². The smallest absolute Gasteiger partial charge is 0.188 e. The summed E-state index contributed by atoms with van der Waals surface area (Å²) in [6.45, 7) is 7.70. The van der Waals surface area contributed by atoms with Gasteiger partial charge in [-0.15, -0.1) is 0 Å². The molecule has 0 amide bonds. The number of hydrogen-bond acceptors (Lipinski definition) is 6. The molecule has 3 aliphatic rings. The van der Waals surface area contributed by atoms with E-state index >= 15 is 0 Å². The lowest BCUT2D eigenvalue weighted by molar-refractivity contribution is 0.436. The maximum absolute atomic E-state index is 9.70. The van der Waals surface area contributed by atoms with Crippen LogP contribution in [0.4, 0.5) is 22.7 Å². The van der Waals surface area contributed by atoms with E-state index in [1.165, 1.54) is 0 Å². The van der Waals surface area contributed by atoms with Crippen molar-refractivity contribution in [3.8, 4) is 46.1 Å². The van der Waals surface area contributed by atoms with Crippen molar-refractivity contribution < 1.29 is 9.47 Å². The largest absolute Gasteiger partial charge is 0.457 e. The molecule has 1 atom stereocenters. The molecule has 12 rings (SSSR count). The molecule has 8 nitrogen and oxygen atoms in total. The summed E-state index contributed by atoms with van der Waals surface area (Å²) in [5.41, 5.74) is 11.5. The van der Waals surface area contributed by atoms with Crippen molar-refractivity contribution in [3.63, 3.8) is 0 Å². The summed E-state index contributed by atoms with van der Waals surface area (Å²) in [5.74, 6) is 2.76. The van der Waals surface area contributed by atoms with Crippen LogP contribution in [0.1, 0.15) is 27.8 Å². The average molecular weight is 731 g/mol. The summed E-state index contributed by atoms with van der Waals surface area (Å²) in [4.78, 5) is 16.1. The van der Waals surface area contributed by atoms with Gasteiger partial charge in [0.1, 0.15) is 11.5 Å². The van der Waals surface area contributed by atoms with Crippen molar-refractivity contribution in [2.75, 3.05) is 4.90 Å². The normalized spacial score (nSPS) is 15.3. The molecule has 5 heterocycles. The van der Waals surface area contributed by atoms with Crippen LogP contribution < -0.4 is 14.4 Å². The van der Waals surface area contributed by atoms with Crippen LogP contribution in [-0.2, 0) is 5.41 Å². The predicted octanol–water partition coefficient (Wildman–Crippen LogP) is 12.0. The molecule has 1 spiro atoms. The van der Waals surface area contributed by atoms with Crippen molar-refractivity contribution in [1.82, 2.24) is 14.5 Å². The van der Waals surface area contributed by atoms with Gasteiger partial charge >= 0.3 is 0 Å². The molecule has 0 fully saturated rings. The Hall–Kier alpha value is -8.20. The van der Waals surface area contributed by atoms with Crippen molar-refractivity contribution >= 4 is 44.6 Å². The molecule has 0 saturated heterocycles. The molecule has 9 aromatic rings. The number of nitriles is 1. The zero-order valence-corrected chi connectivity index (χ0v) is 30.0. The van der Waals surface area contributed by atoms with E-state index in [4.69, 9.17) is 26.0 Å². The summed E-state index contributed by atoms with van der Waals surface area (Å²) >= 11 is 0. The lowest BCUT2D eigenvalue weighted by atomic mass is 9.66. The third kappa shape index (κ3) is 4.13. The first-order valence-electron chi connectivity index (χ1n) is 18.6. The van der Waals surface area contributed by atoms with Gasteiger partial charge in [-0.1, -0.05) is 66.7 Å². The molecule has 57 heavy (non-hydrogen) atoms. The van der Waals surface area contributed by atoms with Gasteiger partial charge in [-0.05, 0) is 77.7 Å². The maximum Gasteiger partial charge on any atom is 0.188 e. The first-order valence-corrected chi connectivity index (χ1v) is 18.6. The van der Waals surface area contributed by atoms with E-state index in [0.29, 0.717) is 28.5 Å². The molecule has 0 radical (unpaired) electrons. The Morgan fingerprint density at radius 2 is 1.33 bits per heavy atom. The Balaban J connectivity index is 1.12. The van der Waals surface area contributed by atoms with Gasteiger partial charge in [-0.3, -0.25) is 9.97 Å². The van der Waals surface area contributed by atoms with Crippen molar-refractivity contribution in [2.45, 2.75) is 5.41 Å². The number of ether oxygens (including phenoxy) is 2. The highest BCUT2D eigenvalue weighted by Crippen LogP contribution is 2.62. The van der Waals surface area contributed by atoms with Gasteiger partial charge in [0.25, 0.3) is 0 Å². The fraction of sp³-hybridized carbons (Fsp3) is 0.0204. The highest BCUT2D eigenvalue weighted by atomic mass is 16.5. The molecule has 0 N–H and O–H groups in total. The van der Waals surface area contributed by atoms with Crippen LogP contribution >= 0.6 is 0 Å². The number of benzene rings is 6. The second kappa shape index (κ2) is 11.4. The molecule has 8 heteroatoms. The molecule has 3 aromatic heterocycles. The lowest BCUT2D eigenvalue weighted by Crippen LogP contribution is -2.32. The van der Waals surface area contributed by atoms with Crippen LogP contribution in [0.3, 0.4) is 0 Å². The van der Waals surface area contributed by atoms with Gasteiger partial charge in [-0.25, -0.2) is 4.85 Å². The second-order valence-electron chi connectivity index (χ2n) is 14.4. The quantitative estimate of drug-likeness (QED) is 0.165. The molecular formula is C49H26N6O2. The van der Waals surface area contributed by atoms with E-state index in [2.05, 4.69) is 75.0 Å². The van der Waals surface area contributed by atoms with E-state index in [0.717, 1.165) is 83.9 Å². The molecule has 6 aromatic carbocycles. The van der Waals surface area contributed by atoms with Gasteiger partial charge in [0.15, 0.2) is 17.2 Å². The zero-order valence-electron chi connectivity index (χ0n) is 30.0. The van der Waals surface area contributed by atoms with Gasteiger partial charge < -0.3 is 18.9 Å². The highest BCUT2D eigenvalue weighted by molar-refractivity contribution is 6.10. The summed E-state index contributed by atoms with van der Waals surface area (Å²) in [6, 6.07) is 51.0. The van der Waals surface area contributed by atoms with Gasteiger partial charge in [-0.2, -0.15) is 5.26 Å². The number of rotatable bonds is 2. The number of hydrogen-bond donors (Lipinski definition) is 0. The minimum Gasteiger partial charge on any atom is -0.457 e. The molecule has 0 saturated carbocycles. The maximum atomic E-state index is 9.70. The number of fused-ring (bicyclic) bond motifs is 14. The van der Waals surface area contributed by atoms with Gasteiger partial charge in [0.2, 0.25) is 0 Å². The Kier molecular flexibility index (Phi) is 6.24. The molecular weight excluding hydrogens is 705 g/mol. The Bertz CT molecular complexity index is 3320. The van der Waals surface area contributed by atoms with Crippen LogP contribution in [0.25, 0.3) is 43.7 Å². The highest BCUT2D eigenvalue weighted by Gasteiger charge is 2.53. The van der Waals surface area contributed by atoms with Crippen LogP contribution in [0.2, 0.25) is 0 Å². The summed E-state index contributed by atoms with van der Waals surface area (Å²) in [7, 11) is 0. The number of aromatic nitrogens is 3. The van der Waals surface area contributed by atoms with E-state index in [1.807, 2.05) is 97.3 Å². The second-order valence-corrected chi connectivity index (χ2v) is 14.4. The zero-order chi connectivity index (χ0) is 37.8. The molecule has 264 valence electrons. The molecule has 1 unspecified atom stereocenters. The minimum atomic E-state index is -0.816. The van der Waals surface area contributed by atoms with Crippen molar-refractivity contribution in [2.24, 2.45) is 0 Å². The number of anilines is 3. The average Bonchev–Trinajstić information content (AvgIpc) is 3.75. The first kappa shape index (κ1) is 31.2. The van der Waals surface area contributed by atoms with E-state index in [9.17, 15) is 5.26 Å². The predicted molar refractivity (Wildman–Crippen MR) is 219 cm³/mol. The summed E-state index contributed by atoms with van der Waals surface area (Å²) in [5, 5.41) is 11.8. The van der Waals surface area contributed by atoms with Crippen LogP contribution in [0, 0.1) is 17.9 Å². The van der Waals surface area contributed by atoms with Crippen LogP contribution in [-0.4, -0.2) is 14.5 Å². The SMILES string of the molecule is [C-]#[N+]c1ccc2c(c1)c1ccccc1n2-c1cnc2c(c1)C1(c3ccccc3Oc3cc(N4c5ccccc5Oc5cc(C#N)ccc54)ccc31)c1cccnc1-2. The van der Waals surface area contributed by atoms with Gasteiger partial charge in [0.05, 0.1) is 75.0 Å². The number of nitrogens with zero attached hydrogens (tertiary/aromatic N) is 6. The fourth-order valence-electron chi connectivity index (χ4n) is 9.26. The lowest BCUT2D eigenvalue weighted by Gasteiger charge is -2.40. The van der Waals surface area contributed by atoms with Crippen molar-refractivity contribution in [1.29, 1.82) is 5.26 Å². The van der Waals surface area contributed by atoms with Crippen LogP contribution in [0.15, 0.2) is 158 Å². The van der Waals surface area contributed by atoms with E-state index in [1.54, 1.807) is 6.07 Å². The standard InChI is InChI=1S/C49H26N6O2/c1-51-30-17-21-40-34(24-30)33-9-2-4-12-39(33)55(40)32-25-38-48(53-28-32)47-37(11-8-22-52-47)49(38)35-10-3-6-14-43(35)56-45-26-31(18-19-36(45)49)54-41-13-5-7-15-44(41)57-46-23-29(27-50)16-20-42(46)54/h2-26,28H. The van der Waals surface area contributed by atoms with Crippen molar-refractivity contribution in [3.05, 3.63) is 197 Å². The van der Waals surface area contributed by atoms with E-state index in [-0.39, 0.29) is 0 Å². The third-order valence-corrected chi connectivity index (χ3v) is 11.6. The number of pyridine rings is 2. The topological polar surface area (TPSA) is 80.6 Å². The molecule has 2 aliphatic heterocycles. The summed E-state index contributed by atoms with van der Waals surface area (Å²) in [6.07, 6.45) is 3.77. The molecule has 1 aliphatic carbocycles. The van der Waals surface area contributed by atoms with Crippen LogP contribution in [0.5, 0.6) is 23.0 Å². The fourth-order valence-corrected chi connectivity index (χ4v) is 9.26. The first-order chi connectivity index (χ1) is 28.1. The minimum absolute atomic E-state index is 0.523. The molecule has 0 bridgehead atoms. The van der Waals surface area contributed by atoms with Gasteiger partial charge in [0, 0.05) is 40.4 Å². The monoisotopic (exact) mass is 730 g/mol. The summed E-state index contributed by atoms with van der Waals surface area (Å²) < 4.78 is 15.5. The Morgan fingerprint density at radius 1 is 0.579 bits per heavy atom. The number of para-hydroxylation sites is 4.